The highest BCUT2D eigenvalue weighted by molar-refractivity contribution is 7.90. The second-order valence-electron chi connectivity index (χ2n) is 4.07. The highest BCUT2D eigenvalue weighted by Gasteiger charge is 2.19. The van der Waals surface area contributed by atoms with Crippen LogP contribution in [0.4, 0.5) is 0 Å². The molecule has 0 aromatic carbocycles. The Bertz CT molecular complexity index is 647. The summed E-state index contributed by atoms with van der Waals surface area (Å²) in [6.07, 6.45) is 2.20. The number of rotatable bonds is 4. The molecule has 96 valence electrons. The van der Waals surface area contributed by atoms with Crippen molar-refractivity contribution < 1.29 is 12.9 Å². The normalized spacial score (nSPS) is 11.7. The van der Waals surface area contributed by atoms with Crippen LogP contribution in [0.25, 0.3) is 0 Å². The van der Waals surface area contributed by atoms with Gasteiger partial charge < -0.3 is 4.52 Å². The maximum atomic E-state index is 12.1. The van der Waals surface area contributed by atoms with Gasteiger partial charge in [-0.15, -0.1) is 0 Å². The monoisotopic (exact) mass is 266 g/mol. The number of nitrogens with zero attached hydrogens (tertiary/aromatic N) is 2. The van der Waals surface area contributed by atoms with Crippen molar-refractivity contribution in [2.24, 2.45) is 0 Å². The standard InChI is InChI=1S/C12H14N2O3S/c1-3-10-7-11(17-14-10)8-18(15,16)12-6-9(2)4-5-13-12/h4-7H,3,8H2,1-2H3. The highest BCUT2D eigenvalue weighted by atomic mass is 32.2. The van der Waals surface area contributed by atoms with E-state index in [-0.39, 0.29) is 10.8 Å². The molecule has 18 heavy (non-hydrogen) atoms. The van der Waals surface area contributed by atoms with Gasteiger partial charge in [-0.05, 0) is 31.0 Å². The van der Waals surface area contributed by atoms with Gasteiger partial charge in [0.25, 0.3) is 0 Å². The van der Waals surface area contributed by atoms with Crippen LogP contribution in [0.2, 0.25) is 0 Å². The average Bonchev–Trinajstić information content (AvgIpc) is 2.76. The van der Waals surface area contributed by atoms with E-state index in [0.717, 1.165) is 11.3 Å². The van der Waals surface area contributed by atoms with Crippen molar-refractivity contribution in [2.45, 2.75) is 31.0 Å². The molecule has 0 saturated carbocycles. The molecule has 0 radical (unpaired) electrons. The van der Waals surface area contributed by atoms with Gasteiger partial charge in [0.15, 0.2) is 10.8 Å². The largest absolute Gasteiger partial charge is 0.360 e. The van der Waals surface area contributed by atoms with Crippen LogP contribution in [0.1, 0.15) is 23.9 Å². The summed E-state index contributed by atoms with van der Waals surface area (Å²) in [5, 5.41) is 3.84. The molecule has 2 aromatic rings. The van der Waals surface area contributed by atoms with Gasteiger partial charge in [-0.25, -0.2) is 13.4 Å². The molecule has 0 unspecified atom stereocenters. The molecule has 2 heterocycles. The quantitative estimate of drug-likeness (QED) is 0.845. The van der Waals surface area contributed by atoms with Crippen LogP contribution in [-0.2, 0) is 22.0 Å². The number of aromatic nitrogens is 2. The Hall–Kier alpha value is -1.69. The highest BCUT2D eigenvalue weighted by Crippen LogP contribution is 2.16. The fourth-order valence-electron chi connectivity index (χ4n) is 1.53. The second kappa shape index (κ2) is 4.89. The molecule has 2 rings (SSSR count). The van der Waals surface area contributed by atoms with Crippen molar-refractivity contribution in [3.8, 4) is 0 Å². The maximum Gasteiger partial charge on any atom is 0.202 e. The molecule has 0 atom stereocenters. The molecule has 0 aliphatic heterocycles. The van der Waals surface area contributed by atoms with Crippen LogP contribution in [0.5, 0.6) is 0 Å². The molecule has 5 nitrogen and oxygen atoms in total. The molecule has 0 aliphatic rings. The summed E-state index contributed by atoms with van der Waals surface area (Å²) >= 11 is 0. The zero-order chi connectivity index (χ0) is 13.2. The zero-order valence-electron chi connectivity index (χ0n) is 10.3. The van der Waals surface area contributed by atoms with Gasteiger partial charge in [-0.2, -0.15) is 0 Å². The lowest BCUT2D eigenvalue weighted by atomic mass is 10.3. The number of hydrogen-bond donors (Lipinski definition) is 0. The van der Waals surface area contributed by atoms with E-state index in [1.807, 2.05) is 13.8 Å². The third kappa shape index (κ3) is 2.76. The van der Waals surface area contributed by atoms with Crippen LogP contribution in [0, 0.1) is 6.92 Å². The zero-order valence-corrected chi connectivity index (χ0v) is 11.1. The Labute approximate surface area is 106 Å². The molecule has 0 aliphatic carbocycles. The molecular formula is C12H14N2O3S. The maximum absolute atomic E-state index is 12.1. The molecule has 2 aromatic heterocycles. The summed E-state index contributed by atoms with van der Waals surface area (Å²) in [5.74, 6) is 0.131. The Balaban J connectivity index is 2.27. The van der Waals surface area contributed by atoms with Crippen molar-refractivity contribution >= 4 is 9.84 Å². The smallest absolute Gasteiger partial charge is 0.202 e. The van der Waals surface area contributed by atoms with Crippen LogP contribution >= 0.6 is 0 Å². The first-order chi connectivity index (χ1) is 8.51. The third-order valence-electron chi connectivity index (χ3n) is 2.51. The number of aryl methyl sites for hydroxylation is 2. The summed E-state index contributed by atoms with van der Waals surface area (Å²) < 4.78 is 29.2. The van der Waals surface area contributed by atoms with Crippen LogP contribution < -0.4 is 0 Å². The molecule has 0 spiro atoms. The van der Waals surface area contributed by atoms with E-state index < -0.39 is 9.84 Å². The number of sulfone groups is 1. The lowest BCUT2D eigenvalue weighted by molar-refractivity contribution is 0.386. The lowest BCUT2D eigenvalue weighted by Gasteiger charge is -2.01. The van der Waals surface area contributed by atoms with Gasteiger partial charge in [0.2, 0.25) is 9.84 Å². The Kier molecular flexibility index (Phi) is 3.47. The van der Waals surface area contributed by atoms with Crippen LogP contribution in [0.15, 0.2) is 33.9 Å². The summed E-state index contributed by atoms with van der Waals surface area (Å²) in [4.78, 5) is 3.88. The minimum absolute atomic E-state index is 0.0666. The topological polar surface area (TPSA) is 73.1 Å². The number of pyridine rings is 1. The van der Waals surface area contributed by atoms with Crippen LogP contribution in [0.3, 0.4) is 0 Å². The van der Waals surface area contributed by atoms with E-state index in [1.165, 1.54) is 6.20 Å². The first-order valence-corrected chi connectivity index (χ1v) is 7.26. The molecule has 0 amide bonds. The second-order valence-corrected chi connectivity index (χ2v) is 6.01. The summed E-state index contributed by atoms with van der Waals surface area (Å²) in [7, 11) is -3.48. The Morgan fingerprint density at radius 3 is 2.72 bits per heavy atom. The van der Waals surface area contributed by atoms with E-state index in [9.17, 15) is 8.42 Å². The van der Waals surface area contributed by atoms with E-state index in [1.54, 1.807) is 18.2 Å². The first kappa shape index (κ1) is 12.8. The van der Waals surface area contributed by atoms with Crippen molar-refractivity contribution in [2.75, 3.05) is 0 Å². The van der Waals surface area contributed by atoms with Gasteiger partial charge in [0.1, 0.15) is 5.75 Å². The molecule has 0 fully saturated rings. The van der Waals surface area contributed by atoms with E-state index in [0.29, 0.717) is 12.2 Å². The summed E-state index contributed by atoms with van der Waals surface area (Å²) in [6.45, 7) is 3.75. The Morgan fingerprint density at radius 2 is 2.11 bits per heavy atom. The minimum Gasteiger partial charge on any atom is -0.360 e. The Morgan fingerprint density at radius 1 is 1.33 bits per heavy atom. The van der Waals surface area contributed by atoms with E-state index >= 15 is 0 Å². The fourth-order valence-corrected chi connectivity index (χ4v) is 2.78. The van der Waals surface area contributed by atoms with Gasteiger partial charge >= 0.3 is 0 Å². The van der Waals surface area contributed by atoms with Gasteiger partial charge in [0, 0.05) is 12.3 Å². The molecular weight excluding hydrogens is 252 g/mol. The SMILES string of the molecule is CCc1cc(CS(=O)(=O)c2cc(C)ccn2)on1. The fraction of sp³-hybridized carbons (Fsp3) is 0.333. The van der Waals surface area contributed by atoms with Crippen molar-refractivity contribution in [3.63, 3.8) is 0 Å². The van der Waals surface area contributed by atoms with Crippen LogP contribution in [-0.4, -0.2) is 18.6 Å². The predicted octanol–water partition coefficient (Wildman–Crippen LogP) is 1.91. The van der Waals surface area contributed by atoms with Gasteiger partial charge in [0.05, 0.1) is 5.69 Å². The molecule has 0 bridgehead atoms. The molecule has 6 heteroatoms. The van der Waals surface area contributed by atoms with Crippen molar-refractivity contribution in [1.82, 2.24) is 10.1 Å². The minimum atomic E-state index is -3.48. The third-order valence-corrected chi connectivity index (χ3v) is 4.04. The van der Waals surface area contributed by atoms with Gasteiger partial charge in [-0.1, -0.05) is 12.1 Å². The summed E-state index contributed by atoms with van der Waals surface area (Å²) in [6, 6.07) is 4.96. The summed E-state index contributed by atoms with van der Waals surface area (Å²) in [5.41, 5.74) is 1.60. The van der Waals surface area contributed by atoms with Crippen molar-refractivity contribution in [3.05, 3.63) is 41.4 Å². The first-order valence-electron chi connectivity index (χ1n) is 5.61. The number of hydrogen-bond acceptors (Lipinski definition) is 5. The van der Waals surface area contributed by atoms with E-state index in [2.05, 4.69) is 10.1 Å². The van der Waals surface area contributed by atoms with E-state index in [4.69, 9.17) is 4.52 Å². The van der Waals surface area contributed by atoms with Crippen molar-refractivity contribution in [1.29, 1.82) is 0 Å². The van der Waals surface area contributed by atoms with Gasteiger partial charge in [-0.3, -0.25) is 0 Å². The lowest BCUT2D eigenvalue weighted by Crippen LogP contribution is -2.06. The predicted molar refractivity (Wildman–Crippen MR) is 65.7 cm³/mol. The molecule has 0 N–H and O–H groups in total. The molecule has 0 saturated heterocycles. The average molecular weight is 266 g/mol.